The summed E-state index contributed by atoms with van der Waals surface area (Å²) in [5.74, 6) is -0.204. The molecule has 2 fully saturated rings. The molecular weight excluding hydrogens is 643 g/mol. The third kappa shape index (κ3) is 16.8. The van der Waals surface area contributed by atoms with Gasteiger partial charge in [0.15, 0.2) is 0 Å². The lowest BCUT2D eigenvalue weighted by molar-refractivity contribution is -0.118. The van der Waals surface area contributed by atoms with Crippen molar-refractivity contribution in [3.05, 3.63) is 164 Å². The van der Waals surface area contributed by atoms with Crippen LogP contribution in [-0.2, 0) is 22.7 Å². The maximum Gasteiger partial charge on any atom is 0.247 e. The van der Waals surface area contributed by atoms with Gasteiger partial charge in [-0.25, -0.2) is 0 Å². The van der Waals surface area contributed by atoms with E-state index in [4.69, 9.17) is 0 Å². The number of carbonyl (C=O) groups is 2. The number of piperazine rings is 1. The van der Waals surface area contributed by atoms with Crippen LogP contribution in [0.4, 0.5) is 5.69 Å². The summed E-state index contributed by atoms with van der Waals surface area (Å²) in [7, 11) is 0. The molecule has 6 rings (SSSR count). The molecule has 0 bridgehead atoms. The molecule has 0 aromatic heterocycles. The Balaban J connectivity index is 0.000000193. The van der Waals surface area contributed by atoms with Crippen LogP contribution in [-0.4, -0.2) is 78.9 Å². The Morgan fingerprint density at radius 1 is 0.654 bits per heavy atom. The molecule has 7 heteroatoms. The van der Waals surface area contributed by atoms with E-state index in [9.17, 15) is 9.59 Å². The van der Waals surface area contributed by atoms with E-state index in [1.807, 2.05) is 48.5 Å². The van der Waals surface area contributed by atoms with Crippen molar-refractivity contribution in [2.24, 2.45) is 0 Å². The summed E-state index contributed by atoms with van der Waals surface area (Å²) >= 11 is 0. The number of likely N-dealkylation sites (tertiary alicyclic amines) is 1. The van der Waals surface area contributed by atoms with Gasteiger partial charge in [-0.1, -0.05) is 122 Å². The summed E-state index contributed by atoms with van der Waals surface area (Å²) < 4.78 is 0. The Kier molecular flexibility index (Phi) is 19.2. The highest BCUT2D eigenvalue weighted by atomic mass is 16.2. The molecule has 2 aliphatic rings. The lowest BCUT2D eigenvalue weighted by atomic mass is 10.1. The molecule has 0 spiro atoms. The van der Waals surface area contributed by atoms with Crippen molar-refractivity contribution in [2.45, 2.75) is 32.9 Å². The number of amides is 2. The highest BCUT2D eigenvalue weighted by Crippen LogP contribution is 2.19. The van der Waals surface area contributed by atoms with E-state index < -0.39 is 0 Å². The molecule has 7 nitrogen and oxygen atoms in total. The summed E-state index contributed by atoms with van der Waals surface area (Å²) in [6.45, 7) is 26.9. The smallest absolute Gasteiger partial charge is 0.247 e. The number of nitrogens with zero attached hydrogens (tertiary/aromatic N) is 3. The molecule has 2 amide bonds. The second-order valence-electron chi connectivity index (χ2n) is 12.8. The average Bonchev–Trinajstić information content (AvgIpc) is 3.17. The fourth-order valence-electron chi connectivity index (χ4n) is 5.70. The topological polar surface area (TPSA) is 67.9 Å². The van der Waals surface area contributed by atoms with Gasteiger partial charge in [0.1, 0.15) is 0 Å². The lowest BCUT2D eigenvalue weighted by Crippen LogP contribution is -2.45. The minimum Gasteiger partial charge on any atom is -0.353 e. The van der Waals surface area contributed by atoms with Crippen LogP contribution in [0.5, 0.6) is 0 Å². The van der Waals surface area contributed by atoms with Crippen LogP contribution in [0.3, 0.4) is 0 Å². The number of hydrogen-bond acceptors (Lipinski definition) is 5. The molecule has 0 saturated carbocycles. The van der Waals surface area contributed by atoms with Crippen molar-refractivity contribution >= 4 is 28.3 Å². The largest absolute Gasteiger partial charge is 0.353 e. The van der Waals surface area contributed by atoms with Crippen molar-refractivity contribution < 1.29 is 9.59 Å². The quantitative estimate of drug-likeness (QED) is 0.129. The van der Waals surface area contributed by atoms with E-state index in [-0.39, 0.29) is 11.8 Å². The fourth-order valence-corrected chi connectivity index (χ4v) is 5.70. The van der Waals surface area contributed by atoms with Crippen LogP contribution in [0.2, 0.25) is 0 Å². The van der Waals surface area contributed by atoms with Crippen LogP contribution in [0.15, 0.2) is 153 Å². The third-order valence-electron chi connectivity index (χ3n) is 8.61. The number of piperidine rings is 1. The monoisotopic (exact) mass is 699 g/mol. The minimum atomic E-state index is -0.190. The van der Waals surface area contributed by atoms with Crippen molar-refractivity contribution in [2.75, 3.05) is 57.7 Å². The van der Waals surface area contributed by atoms with E-state index in [2.05, 4.69) is 112 Å². The fraction of sp³-hybridized carbons (Fsp3) is 0.289. The number of rotatable bonds is 10. The van der Waals surface area contributed by atoms with E-state index in [0.29, 0.717) is 6.54 Å². The van der Waals surface area contributed by atoms with E-state index >= 15 is 0 Å². The number of carbonyl (C=O) groups excluding carboxylic acids is 2. The van der Waals surface area contributed by atoms with Gasteiger partial charge in [-0.3, -0.25) is 24.3 Å². The first-order chi connectivity index (χ1) is 25.3. The summed E-state index contributed by atoms with van der Waals surface area (Å²) in [6, 6.07) is 35.2. The number of hydrogen-bond donors (Lipinski definition) is 2. The summed E-state index contributed by atoms with van der Waals surface area (Å²) in [4.78, 5) is 28.6. The Hall–Kier alpha value is -5.08. The van der Waals surface area contributed by atoms with Crippen LogP contribution < -0.4 is 10.6 Å². The Morgan fingerprint density at radius 3 is 1.67 bits per heavy atom. The van der Waals surface area contributed by atoms with Gasteiger partial charge in [-0.2, -0.15) is 0 Å². The van der Waals surface area contributed by atoms with E-state index in [0.717, 1.165) is 36.1 Å². The molecule has 2 heterocycles. The van der Waals surface area contributed by atoms with Gasteiger partial charge < -0.3 is 10.6 Å². The molecular formula is C45H57N5O2. The van der Waals surface area contributed by atoms with E-state index in [1.165, 1.54) is 81.8 Å². The predicted octanol–water partition coefficient (Wildman–Crippen LogP) is 8.10. The first kappa shape index (κ1) is 41.3. The standard InChI is InChI=1S/C14H20N2.C13H11NO.C13H17N.C5H9NO/c1-2-8-15-9-11-16(12-10-15)13-14-6-4-3-5-7-14;1-2-13(15)14-12-8-7-10-5-3-4-6-11(10)9-12;1-12-7-9-14(10-8-12)11-13-5-3-2-4-6-13;1-3-4-6-5(2)7/h2-7H,1,8-13H2;2-9H,1H2,(H,14,15);2-6H,1,7-11H2;3H,1,4H2,2H3,(H,6,7). The van der Waals surface area contributed by atoms with Gasteiger partial charge in [0, 0.05) is 78.1 Å². The first-order valence-electron chi connectivity index (χ1n) is 18.1. The molecule has 4 aromatic rings. The number of nitrogens with one attached hydrogen (secondary N) is 2. The van der Waals surface area contributed by atoms with Crippen LogP contribution in [0.1, 0.15) is 30.9 Å². The minimum absolute atomic E-state index is 0.0140. The molecule has 4 aromatic carbocycles. The van der Waals surface area contributed by atoms with Gasteiger partial charge in [-0.15, -0.1) is 13.2 Å². The molecule has 52 heavy (non-hydrogen) atoms. The summed E-state index contributed by atoms with van der Waals surface area (Å²) in [6.07, 6.45) is 7.24. The Morgan fingerprint density at radius 2 is 1.17 bits per heavy atom. The summed E-state index contributed by atoms with van der Waals surface area (Å²) in [5, 5.41) is 7.54. The van der Waals surface area contributed by atoms with Crippen LogP contribution in [0.25, 0.3) is 10.8 Å². The maximum atomic E-state index is 11.1. The lowest BCUT2D eigenvalue weighted by Gasteiger charge is -2.34. The highest BCUT2D eigenvalue weighted by molar-refractivity contribution is 6.00. The van der Waals surface area contributed by atoms with Gasteiger partial charge in [-0.05, 0) is 52.9 Å². The maximum absolute atomic E-state index is 11.1. The number of anilines is 1. The molecule has 2 aliphatic heterocycles. The number of fused-ring (bicyclic) bond motifs is 1. The van der Waals surface area contributed by atoms with Crippen molar-refractivity contribution in [1.82, 2.24) is 20.0 Å². The van der Waals surface area contributed by atoms with Gasteiger partial charge in [0.25, 0.3) is 0 Å². The Labute approximate surface area is 312 Å². The molecule has 0 unspecified atom stereocenters. The zero-order chi connectivity index (χ0) is 37.4. The molecule has 274 valence electrons. The summed E-state index contributed by atoms with van der Waals surface area (Å²) in [5.41, 5.74) is 5.03. The van der Waals surface area contributed by atoms with Crippen molar-refractivity contribution in [3.63, 3.8) is 0 Å². The van der Waals surface area contributed by atoms with Crippen molar-refractivity contribution in [1.29, 1.82) is 0 Å². The Bertz CT molecular complexity index is 1670. The van der Waals surface area contributed by atoms with E-state index in [1.54, 1.807) is 6.08 Å². The second kappa shape index (κ2) is 24.2. The van der Waals surface area contributed by atoms with Crippen molar-refractivity contribution in [3.8, 4) is 0 Å². The normalized spacial score (nSPS) is 14.5. The van der Waals surface area contributed by atoms with Gasteiger partial charge in [0.2, 0.25) is 11.8 Å². The first-order valence-corrected chi connectivity index (χ1v) is 18.1. The molecule has 0 radical (unpaired) electrons. The SMILES string of the molecule is C=C1CCN(Cc2ccccc2)CC1.C=CC(=O)Nc1ccc2ccccc2c1.C=CCN1CCN(Cc2ccccc2)CC1.C=CCNC(C)=O. The second-order valence-corrected chi connectivity index (χ2v) is 12.8. The molecule has 0 atom stereocenters. The van der Waals surface area contributed by atoms with Crippen LogP contribution in [0, 0.1) is 0 Å². The zero-order valence-electron chi connectivity index (χ0n) is 31.0. The van der Waals surface area contributed by atoms with Crippen LogP contribution >= 0.6 is 0 Å². The molecule has 0 aliphatic carbocycles. The third-order valence-corrected chi connectivity index (χ3v) is 8.61. The predicted molar refractivity (Wildman–Crippen MR) is 220 cm³/mol. The van der Waals surface area contributed by atoms with Gasteiger partial charge in [0.05, 0.1) is 0 Å². The molecule has 2 saturated heterocycles. The molecule has 2 N–H and O–H groups in total. The average molecular weight is 700 g/mol. The van der Waals surface area contributed by atoms with Gasteiger partial charge >= 0.3 is 0 Å². The zero-order valence-corrected chi connectivity index (χ0v) is 31.0. The highest BCUT2D eigenvalue weighted by Gasteiger charge is 2.15. The number of benzene rings is 4.